The van der Waals surface area contributed by atoms with Crippen molar-refractivity contribution in [2.24, 2.45) is 0 Å². The van der Waals surface area contributed by atoms with Crippen LogP contribution in [-0.4, -0.2) is 12.0 Å². The lowest BCUT2D eigenvalue weighted by molar-refractivity contribution is -0.385. The first-order chi connectivity index (χ1) is 5.25. The van der Waals surface area contributed by atoms with E-state index >= 15 is 0 Å². The minimum absolute atomic E-state index is 0. The van der Waals surface area contributed by atoms with E-state index in [0.717, 1.165) is 0 Å². The Morgan fingerprint density at radius 2 is 2.00 bits per heavy atom. The summed E-state index contributed by atoms with van der Waals surface area (Å²) in [4.78, 5) is 9.83. The number of halogens is 1. The summed E-state index contributed by atoms with van der Waals surface area (Å²) in [5.41, 5.74) is -0.00463. The summed E-state index contributed by atoms with van der Waals surface area (Å²) in [6.45, 7) is 0. The second-order valence-corrected chi connectivity index (χ2v) is 1.93. The van der Waals surface area contributed by atoms with Gasteiger partial charge in [0.2, 0.25) is 0 Å². The quantitative estimate of drug-likeness (QED) is 0.505. The van der Waals surface area contributed by atoms with E-state index in [1.807, 2.05) is 0 Å². The molecule has 0 aromatic heterocycles. The molecule has 0 unspecified atom stereocenters. The maximum Gasteiger partial charge on any atom is 0.310 e. The van der Waals surface area contributed by atoms with Crippen molar-refractivity contribution in [3.63, 3.8) is 0 Å². The van der Waals surface area contributed by atoms with Crippen molar-refractivity contribution in [2.75, 3.05) is 7.11 Å². The maximum absolute atomic E-state index is 10.3. The largest absolute Gasteiger partial charge is 0.490 e. The molecule has 0 saturated carbocycles. The average Bonchev–Trinajstić information content (AvgIpc) is 2.04. The highest BCUT2D eigenvalue weighted by Crippen LogP contribution is 2.24. The van der Waals surface area contributed by atoms with E-state index in [-0.39, 0.29) is 16.1 Å². The molecule has 0 aliphatic rings. The summed E-state index contributed by atoms with van der Waals surface area (Å²) < 4.78 is 4.76. The topological polar surface area (TPSA) is 52.4 Å². The van der Waals surface area contributed by atoms with Crippen LogP contribution in [0, 0.1) is 10.1 Å². The van der Waals surface area contributed by atoms with Crippen molar-refractivity contribution in [1.82, 2.24) is 0 Å². The number of benzene rings is 1. The molecular formula is C7H8FNO3. The molecular weight excluding hydrogens is 165 g/mol. The number of ether oxygens (including phenoxy) is 1. The lowest BCUT2D eigenvalue weighted by Crippen LogP contribution is -1.92. The van der Waals surface area contributed by atoms with Crippen molar-refractivity contribution >= 4 is 5.69 Å². The predicted molar refractivity (Wildman–Crippen MR) is 42.2 cm³/mol. The second-order valence-electron chi connectivity index (χ2n) is 1.93. The van der Waals surface area contributed by atoms with Gasteiger partial charge in [-0.3, -0.25) is 14.8 Å². The van der Waals surface area contributed by atoms with Crippen LogP contribution in [0.1, 0.15) is 0 Å². The van der Waals surface area contributed by atoms with Crippen LogP contribution in [0.15, 0.2) is 24.3 Å². The molecule has 1 rings (SSSR count). The molecule has 0 radical (unpaired) electrons. The molecule has 0 aliphatic heterocycles. The third-order valence-electron chi connectivity index (χ3n) is 1.28. The molecule has 0 bridgehead atoms. The van der Waals surface area contributed by atoms with Gasteiger partial charge in [-0.05, 0) is 6.07 Å². The fourth-order valence-corrected chi connectivity index (χ4v) is 0.781. The van der Waals surface area contributed by atoms with E-state index in [2.05, 4.69) is 0 Å². The van der Waals surface area contributed by atoms with Gasteiger partial charge < -0.3 is 4.74 Å². The van der Waals surface area contributed by atoms with Crippen molar-refractivity contribution < 1.29 is 14.4 Å². The number of nitro groups is 1. The number of methoxy groups -OCH3 is 1. The van der Waals surface area contributed by atoms with E-state index in [0.29, 0.717) is 0 Å². The number of hydrogen-bond acceptors (Lipinski definition) is 3. The Labute approximate surface area is 68.3 Å². The molecule has 0 aliphatic carbocycles. The van der Waals surface area contributed by atoms with Crippen molar-refractivity contribution in [1.29, 1.82) is 0 Å². The van der Waals surface area contributed by atoms with Crippen LogP contribution in [0.25, 0.3) is 0 Å². The minimum Gasteiger partial charge on any atom is -0.490 e. The molecule has 4 nitrogen and oxygen atoms in total. The van der Waals surface area contributed by atoms with Gasteiger partial charge in [-0.1, -0.05) is 12.1 Å². The van der Waals surface area contributed by atoms with Gasteiger partial charge in [0, 0.05) is 6.07 Å². The van der Waals surface area contributed by atoms with Gasteiger partial charge in [0.05, 0.1) is 12.0 Å². The molecule has 1 aromatic rings. The third kappa shape index (κ3) is 1.91. The Morgan fingerprint density at radius 1 is 1.42 bits per heavy atom. The first-order valence-corrected chi connectivity index (χ1v) is 3.03. The Bertz CT molecular complexity index is 277. The highest BCUT2D eigenvalue weighted by molar-refractivity contribution is 5.45. The summed E-state index contributed by atoms with van der Waals surface area (Å²) in [5, 5.41) is 10.3. The molecule has 66 valence electrons. The lowest BCUT2D eigenvalue weighted by Gasteiger charge is -1.98. The van der Waals surface area contributed by atoms with Crippen LogP contribution < -0.4 is 4.74 Å². The fourth-order valence-electron chi connectivity index (χ4n) is 0.781. The zero-order valence-electron chi connectivity index (χ0n) is 6.39. The number of nitro benzene ring substituents is 1. The standard InChI is InChI=1S/C7H7NO3.FH/c1-11-7-5-3-2-4-6(7)8(9)10;/h2-5H,1H3;1H. The number of hydrogen-bond donors (Lipinski definition) is 0. The van der Waals surface area contributed by atoms with Crippen molar-refractivity contribution in [3.8, 4) is 5.75 Å². The molecule has 0 heterocycles. The van der Waals surface area contributed by atoms with E-state index in [4.69, 9.17) is 4.74 Å². The Morgan fingerprint density at radius 3 is 2.42 bits per heavy atom. The summed E-state index contributed by atoms with van der Waals surface area (Å²) >= 11 is 0. The summed E-state index contributed by atoms with van der Waals surface area (Å²) in [5.74, 6) is 0.289. The van der Waals surface area contributed by atoms with Crippen LogP contribution in [0.5, 0.6) is 5.75 Å². The van der Waals surface area contributed by atoms with Gasteiger partial charge in [-0.15, -0.1) is 0 Å². The lowest BCUT2D eigenvalue weighted by atomic mass is 10.3. The van der Waals surface area contributed by atoms with Crippen LogP contribution in [0.2, 0.25) is 0 Å². The smallest absolute Gasteiger partial charge is 0.310 e. The summed E-state index contributed by atoms with van der Waals surface area (Å²) in [6.07, 6.45) is 0. The molecule has 0 N–H and O–H groups in total. The van der Waals surface area contributed by atoms with Gasteiger partial charge in [0.1, 0.15) is 0 Å². The normalized spacial score (nSPS) is 8.42. The number of para-hydroxylation sites is 2. The van der Waals surface area contributed by atoms with Crippen LogP contribution in [0.3, 0.4) is 0 Å². The zero-order valence-corrected chi connectivity index (χ0v) is 6.39. The van der Waals surface area contributed by atoms with Gasteiger partial charge >= 0.3 is 5.69 Å². The Hall–Kier alpha value is -1.65. The fraction of sp³-hybridized carbons (Fsp3) is 0.143. The van der Waals surface area contributed by atoms with Crippen LogP contribution in [-0.2, 0) is 0 Å². The van der Waals surface area contributed by atoms with Gasteiger partial charge in [-0.25, -0.2) is 0 Å². The van der Waals surface area contributed by atoms with Gasteiger partial charge in [-0.2, -0.15) is 0 Å². The summed E-state index contributed by atoms with van der Waals surface area (Å²) in [7, 11) is 1.41. The van der Waals surface area contributed by atoms with Gasteiger partial charge in [0.15, 0.2) is 5.75 Å². The third-order valence-corrected chi connectivity index (χ3v) is 1.28. The molecule has 5 heteroatoms. The van der Waals surface area contributed by atoms with E-state index < -0.39 is 4.92 Å². The molecule has 0 spiro atoms. The summed E-state index contributed by atoms with van der Waals surface area (Å²) in [6, 6.07) is 6.24. The number of nitrogens with zero attached hydrogens (tertiary/aromatic N) is 1. The molecule has 12 heavy (non-hydrogen) atoms. The first-order valence-electron chi connectivity index (χ1n) is 3.03. The second kappa shape index (κ2) is 4.27. The zero-order chi connectivity index (χ0) is 8.27. The van der Waals surface area contributed by atoms with Crippen molar-refractivity contribution in [3.05, 3.63) is 34.4 Å². The molecule has 0 saturated heterocycles. The highest BCUT2D eigenvalue weighted by Gasteiger charge is 2.11. The van der Waals surface area contributed by atoms with Crippen LogP contribution in [0.4, 0.5) is 10.4 Å². The number of rotatable bonds is 2. The van der Waals surface area contributed by atoms with E-state index in [1.54, 1.807) is 18.2 Å². The monoisotopic (exact) mass is 173 g/mol. The first kappa shape index (κ1) is 10.3. The Kier molecular flexibility index (Phi) is 3.69. The highest BCUT2D eigenvalue weighted by atomic mass is 19.0. The molecule has 0 atom stereocenters. The maximum atomic E-state index is 10.3. The Balaban J connectivity index is 0.00000121. The van der Waals surface area contributed by atoms with Gasteiger partial charge in [0.25, 0.3) is 0 Å². The van der Waals surface area contributed by atoms with E-state index in [1.165, 1.54) is 13.2 Å². The molecule has 0 amide bonds. The SMILES string of the molecule is COc1ccccc1[N+](=O)[O-].F. The van der Waals surface area contributed by atoms with Crippen molar-refractivity contribution in [2.45, 2.75) is 0 Å². The minimum atomic E-state index is -0.473. The molecule has 0 fully saturated rings. The van der Waals surface area contributed by atoms with E-state index in [9.17, 15) is 10.1 Å². The average molecular weight is 173 g/mol. The van der Waals surface area contributed by atoms with Crippen LogP contribution >= 0.6 is 0 Å². The predicted octanol–water partition coefficient (Wildman–Crippen LogP) is 1.76. The molecule has 1 aromatic carbocycles.